The minimum absolute atomic E-state index is 0.0569. The Bertz CT molecular complexity index is 1160. The number of fused-ring (bicyclic) bond motifs is 2. The van der Waals surface area contributed by atoms with E-state index >= 15 is 0 Å². The van der Waals surface area contributed by atoms with Gasteiger partial charge < -0.3 is 10.7 Å². The second-order valence-corrected chi connectivity index (χ2v) is 12.2. The fraction of sp³-hybridized carbons (Fsp3) is 0.500. The molecular weight excluding hydrogens is 376 g/mol. The molecule has 0 radical (unpaired) electrons. The van der Waals surface area contributed by atoms with Gasteiger partial charge in [-0.3, -0.25) is 0 Å². The molecule has 0 bridgehead atoms. The highest BCUT2D eigenvalue weighted by molar-refractivity contribution is 6.46. The fourth-order valence-electron chi connectivity index (χ4n) is 5.88. The number of nitrogens with two attached hydrogens (primary N) is 1. The standard InChI is InChI=1S/C26H37B2N3/c1-23(2,3)13-10-11-14(15(29)12-13)22-30-20-18(27)16-17(19(28)21(20)31-22)25(6,7)26(8,9)24(16,4)5/h10-12H,27-29H2,1-9H3,(H,30,31). The van der Waals surface area contributed by atoms with E-state index in [0.717, 1.165) is 28.1 Å². The van der Waals surface area contributed by atoms with E-state index in [1.54, 1.807) is 0 Å². The Balaban J connectivity index is 1.99. The number of nitrogen functional groups attached to an aromatic ring is 1. The van der Waals surface area contributed by atoms with Crippen LogP contribution in [0.5, 0.6) is 0 Å². The molecule has 0 atom stereocenters. The molecule has 1 aromatic heterocycles. The number of imidazole rings is 1. The van der Waals surface area contributed by atoms with Crippen LogP contribution >= 0.6 is 0 Å². The molecule has 4 rings (SSSR count). The van der Waals surface area contributed by atoms with Gasteiger partial charge in [0.2, 0.25) is 0 Å². The number of rotatable bonds is 1. The predicted octanol–water partition coefficient (Wildman–Crippen LogP) is 3.22. The number of benzene rings is 2. The maximum atomic E-state index is 6.51. The first kappa shape index (κ1) is 22.0. The lowest BCUT2D eigenvalue weighted by atomic mass is 9.58. The monoisotopic (exact) mass is 413 g/mol. The van der Waals surface area contributed by atoms with Crippen LogP contribution in [0.4, 0.5) is 5.69 Å². The summed E-state index contributed by atoms with van der Waals surface area (Å²) in [5.74, 6) is 0.859. The van der Waals surface area contributed by atoms with E-state index in [1.807, 2.05) is 0 Å². The Morgan fingerprint density at radius 3 is 1.97 bits per heavy atom. The molecule has 0 fully saturated rings. The summed E-state index contributed by atoms with van der Waals surface area (Å²) in [5, 5.41) is 0. The quantitative estimate of drug-likeness (QED) is 0.476. The molecule has 3 N–H and O–H groups in total. The normalized spacial score (nSPS) is 19.0. The summed E-state index contributed by atoms with van der Waals surface area (Å²) in [4.78, 5) is 8.75. The van der Waals surface area contributed by atoms with Gasteiger partial charge in [-0.1, -0.05) is 79.3 Å². The zero-order valence-corrected chi connectivity index (χ0v) is 21.3. The average molecular weight is 413 g/mol. The van der Waals surface area contributed by atoms with Gasteiger partial charge in [-0.25, -0.2) is 4.98 Å². The lowest BCUT2D eigenvalue weighted by molar-refractivity contribution is 0.125. The maximum absolute atomic E-state index is 6.51. The third-order valence-corrected chi connectivity index (χ3v) is 8.98. The van der Waals surface area contributed by atoms with Crippen LogP contribution in [-0.4, -0.2) is 25.7 Å². The molecule has 3 nitrogen and oxygen atoms in total. The van der Waals surface area contributed by atoms with E-state index in [2.05, 4.69) is 101 Å². The van der Waals surface area contributed by atoms with Crippen molar-refractivity contribution in [2.45, 2.75) is 78.6 Å². The number of nitrogens with one attached hydrogen (secondary N) is 1. The SMILES string of the molecule is Bc1c2c(c(B)c3[nH]c(-c4ccc(C(C)(C)C)cc4N)nc13)C(C)(C)C(C)(C)C2(C)C. The van der Waals surface area contributed by atoms with E-state index in [1.165, 1.54) is 27.6 Å². The van der Waals surface area contributed by atoms with Gasteiger partial charge in [-0.05, 0) is 50.5 Å². The Morgan fingerprint density at radius 1 is 0.903 bits per heavy atom. The van der Waals surface area contributed by atoms with E-state index in [9.17, 15) is 0 Å². The third kappa shape index (κ3) is 2.71. The lowest BCUT2D eigenvalue weighted by Crippen LogP contribution is -2.43. The van der Waals surface area contributed by atoms with E-state index in [4.69, 9.17) is 10.7 Å². The van der Waals surface area contributed by atoms with Crippen molar-refractivity contribution in [3.05, 3.63) is 34.9 Å². The van der Waals surface area contributed by atoms with Crippen LogP contribution < -0.4 is 16.7 Å². The molecule has 2 aromatic carbocycles. The number of anilines is 1. The topological polar surface area (TPSA) is 54.7 Å². The van der Waals surface area contributed by atoms with Crippen LogP contribution in [-0.2, 0) is 16.2 Å². The number of hydrogen-bond acceptors (Lipinski definition) is 2. The molecule has 0 amide bonds. The molecule has 0 spiro atoms. The second kappa shape index (κ2) is 6.21. The Kier molecular flexibility index (Phi) is 4.42. The largest absolute Gasteiger partial charge is 0.398 e. The molecule has 1 aliphatic carbocycles. The van der Waals surface area contributed by atoms with Gasteiger partial charge in [0.1, 0.15) is 21.5 Å². The molecule has 3 aromatic rings. The van der Waals surface area contributed by atoms with Crippen molar-refractivity contribution < 1.29 is 0 Å². The number of aromatic amines is 1. The molecule has 162 valence electrons. The fourth-order valence-corrected chi connectivity index (χ4v) is 5.88. The molecule has 0 unspecified atom stereocenters. The van der Waals surface area contributed by atoms with E-state index in [-0.39, 0.29) is 21.7 Å². The van der Waals surface area contributed by atoms with E-state index in [0.29, 0.717) is 0 Å². The van der Waals surface area contributed by atoms with Crippen LogP contribution in [0.25, 0.3) is 22.4 Å². The maximum Gasteiger partial charge on any atom is 0.142 e. The Labute approximate surface area is 189 Å². The summed E-state index contributed by atoms with van der Waals surface area (Å²) in [6.45, 7) is 21.1. The molecule has 1 aliphatic rings. The second-order valence-electron chi connectivity index (χ2n) is 12.2. The van der Waals surface area contributed by atoms with E-state index < -0.39 is 0 Å². The summed E-state index contributed by atoms with van der Waals surface area (Å²) in [6.07, 6.45) is 0. The molecule has 5 heteroatoms. The molecule has 1 heterocycles. The van der Waals surface area contributed by atoms with Crippen LogP contribution in [0, 0.1) is 5.41 Å². The van der Waals surface area contributed by atoms with Crippen molar-refractivity contribution in [3.63, 3.8) is 0 Å². The van der Waals surface area contributed by atoms with Crippen LogP contribution in [0.2, 0.25) is 0 Å². The van der Waals surface area contributed by atoms with Crippen LogP contribution in [0.15, 0.2) is 18.2 Å². The van der Waals surface area contributed by atoms with Crippen molar-refractivity contribution in [1.82, 2.24) is 9.97 Å². The van der Waals surface area contributed by atoms with Crippen LogP contribution in [0.3, 0.4) is 0 Å². The molecule has 31 heavy (non-hydrogen) atoms. The first-order valence-corrected chi connectivity index (χ1v) is 11.5. The summed E-state index contributed by atoms with van der Waals surface area (Å²) < 4.78 is 0. The zero-order valence-electron chi connectivity index (χ0n) is 21.3. The lowest BCUT2D eigenvalue weighted by Gasteiger charge is -2.45. The highest BCUT2D eigenvalue weighted by atomic mass is 14.9. The first-order chi connectivity index (χ1) is 14.0. The van der Waals surface area contributed by atoms with Gasteiger partial charge in [-0.2, -0.15) is 0 Å². The third-order valence-electron chi connectivity index (χ3n) is 8.98. The highest BCUT2D eigenvalue weighted by Crippen LogP contribution is 2.60. The zero-order chi connectivity index (χ0) is 23.3. The van der Waals surface area contributed by atoms with Crippen molar-refractivity contribution in [2.24, 2.45) is 5.41 Å². The molecule has 0 saturated heterocycles. The number of H-pyrrole nitrogens is 1. The predicted molar refractivity (Wildman–Crippen MR) is 141 cm³/mol. The molecule has 0 saturated carbocycles. The van der Waals surface area contributed by atoms with Crippen LogP contribution in [0.1, 0.15) is 79.0 Å². The van der Waals surface area contributed by atoms with Gasteiger partial charge in [0.05, 0.1) is 11.0 Å². The molecular formula is C26H37B2N3. The number of nitrogens with zero attached hydrogens (tertiary/aromatic N) is 1. The van der Waals surface area contributed by atoms with Crippen molar-refractivity contribution >= 4 is 43.3 Å². The van der Waals surface area contributed by atoms with Gasteiger partial charge >= 0.3 is 0 Å². The highest BCUT2D eigenvalue weighted by Gasteiger charge is 2.58. The summed E-state index contributed by atoms with van der Waals surface area (Å²) >= 11 is 0. The first-order valence-electron chi connectivity index (χ1n) is 11.5. The van der Waals surface area contributed by atoms with Gasteiger partial charge in [-0.15, -0.1) is 0 Å². The molecule has 0 aliphatic heterocycles. The number of aromatic nitrogens is 2. The van der Waals surface area contributed by atoms with Gasteiger partial charge in [0.15, 0.2) is 0 Å². The average Bonchev–Trinajstić information content (AvgIpc) is 3.12. The number of hydrogen-bond donors (Lipinski definition) is 2. The Morgan fingerprint density at radius 2 is 1.45 bits per heavy atom. The van der Waals surface area contributed by atoms with Crippen molar-refractivity contribution in [1.29, 1.82) is 0 Å². The summed E-state index contributed by atoms with van der Waals surface area (Å²) in [5.41, 5.74) is 17.6. The van der Waals surface area contributed by atoms with Gasteiger partial charge in [0, 0.05) is 11.3 Å². The smallest absolute Gasteiger partial charge is 0.142 e. The van der Waals surface area contributed by atoms with Crippen molar-refractivity contribution in [3.8, 4) is 11.4 Å². The minimum Gasteiger partial charge on any atom is -0.398 e. The van der Waals surface area contributed by atoms with Crippen molar-refractivity contribution in [2.75, 3.05) is 5.73 Å². The summed E-state index contributed by atoms with van der Waals surface area (Å²) in [6, 6.07) is 6.38. The minimum atomic E-state index is 0.0569. The Hall–Kier alpha value is -2.16. The van der Waals surface area contributed by atoms with Gasteiger partial charge in [0.25, 0.3) is 0 Å². The summed E-state index contributed by atoms with van der Waals surface area (Å²) in [7, 11) is 4.50.